The third-order valence-electron chi connectivity index (χ3n) is 4.05. The summed E-state index contributed by atoms with van der Waals surface area (Å²) < 4.78 is 29.7. The van der Waals surface area contributed by atoms with Gasteiger partial charge in [-0.1, -0.05) is 0 Å². The van der Waals surface area contributed by atoms with Crippen LogP contribution in [0.4, 0.5) is 0 Å². The summed E-state index contributed by atoms with van der Waals surface area (Å²) in [4.78, 5) is 66.9. The number of aromatic nitrogens is 2. The molecule has 0 unspecified atom stereocenters. The van der Waals surface area contributed by atoms with Crippen LogP contribution < -0.4 is 10.6 Å². The van der Waals surface area contributed by atoms with Crippen molar-refractivity contribution in [1.29, 1.82) is 0 Å². The van der Waals surface area contributed by atoms with Crippen LogP contribution in [-0.4, -0.2) is 67.7 Å². The Kier molecular flexibility index (Phi) is 10.4. The lowest BCUT2D eigenvalue weighted by molar-refractivity contribution is 0.0941. The molecule has 0 fully saturated rings. The Hall–Kier alpha value is -2.54. The van der Waals surface area contributed by atoms with Crippen LogP contribution in [0.1, 0.15) is 33.6 Å². The smallest absolute Gasteiger partial charge is 0.352 e. The molecule has 14 nitrogen and oxygen atoms in total. The van der Waals surface area contributed by atoms with Gasteiger partial charge in [-0.3, -0.25) is 28.6 Å². The summed E-state index contributed by atoms with van der Waals surface area (Å²) in [5, 5.41) is 5.16. The van der Waals surface area contributed by atoms with Crippen molar-refractivity contribution < 1.29 is 47.3 Å². The molecule has 2 aromatic heterocycles. The van der Waals surface area contributed by atoms with E-state index in [1.807, 2.05) is 0 Å². The van der Waals surface area contributed by atoms with E-state index in [9.17, 15) is 18.7 Å². The average molecular weight is 518 g/mol. The molecule has 0 aliphatic carbocycles. The molecule has 0 saturated carbocycles. The molecule has 0 aliphatic heterocycles. The van der Waals surface area contributed by atoms with Gasteiger partial charge in [-0.15, -0.1) is 0 Å². The first-order valence-electron chi connectivity index (χ1n) is 9.84. The predicted octanol–water partition coefficient (Wildman–Crippen LogP) is 0.602. The van der Waals surface area contributed by atoms with Crippen LogP contribution in [0.25, 0.3) is 11.4 Å². The number of carbonyl (C=O) groups excluding carboxylic acids is 2. The number of hydrogen-bond acceptors (Lipinski definition) is 8. The van der Waals surface area contributed by atoms with Crippen molar-refractivity contribution >= 4 is 27.5 Å². The Bertz CT molecular complexity index is 968. The molecule has 0 radical (unpaired) electrons. The number of nitrogens with zero attached hydrogens (tertiary/aromatic N) is 2. The topological polar surface area (TPSA) is 217 Å². The summed E-state index contributed by atoms with van der Waals surface area (Å²) in [6.45, 7) is -0.0936. The van der Waals surface area contributed by atoms with E-state index >= 15 is 0 Å². The monoisotopic (exact) mass is 518 g/mol. The summed E-state index contributed by atoms with van der Waals surface area (Å²) in [7, 11) is -9.05. The first-order chi connectivity index (χ1) is 15.9. The largest absolute Gasteiger partial charge is 0.469 e. The molecule has 0 aliphatic rings. The molecule has 2 aromatic rings. The number of pyridine rings is 2. The van der Waals surface area contributed by atoms with Crippen molar-refractivity contribution in [2.45, 2.75) is 12.8 Å². The second kappa shape index (κ2) is 12.8. The normalized spacial score (nSPS) is 11.8. The molecule has 6 N–H and O–H groups in total. The van der Waals surface area contributed by atoms with Gasteiger partial charge in [0, 0.05) is 25.5 Å². The van der Waals surface area contributed by atoms with Gasteiger partial charge in [0.25, 0.3) is 11.8 Å². The Balaban J connectivity index is 1.80. The van der Waals surface area contributed by atoms with Gasteiger partial charge in [0.05, 0.1) is 35.7 Å². The van der Waals surface area contributed by atoms with E-state index in [-0.39, 0.29) is 50.3 Å². The summed E-state index contributed by atoms with van der Waals surface area (Å²) >= 11 is 0. The van der Waals surface area contributed by atoms with Crippen LogP contribution >= 0.6 is 15.6 Å². The fourth-order valence-corrected chi connectivity index (χ4v) is 3.21. The van der Waals surface area contributed by atoms with Crippen LogP contribution in [-0.2, 0) is 18.2 Å². The maximum Gasteiger partial charge on any atom is 0.469 e. The number of rotatable bonds is 13. The molecule has 0 aromatic carbocycles. The van der Waals surface area contributed by atoms with Crippen molar-refractivity contribution in [3.8, 4) is 11.4 Å². The van der Waals surface area contributed by atoms with E-state index in [0.29, 0.717) is 11.4 Å². The predicted molar refractivity (Wildman–Crippen MR) is 117 cm³/mol. The minimum atomic E-state index is -4.52. The highest BCUT2D eigenvalue weighted by molar-refractivity contribution is 7.46. The van der Waals surface area contributed by atoms with Gasteiger partial charge in [0.1, 0.15) is 0 Å². The highest BCUT2D eigenvalue weighted by Gasteiger charge is 2.14. The van der Waals surface area contributed by atoms with Crippen LogP contribution in [0.2, 0.25) is 0 Å². The number of hydrogen-bond donors (Lipinski definition) is 6. The van der Waals surface area contributed by atoms with Gasteiger partial charge < -0.3 is 30.2 Å². The van der Waals surface area contributed by atoms with Gasteiger partial charge in [0.2, 0.25) is 0 Å². The fourth-order valence-electron chi connectivity index (χ4n) is 2.48. The number of amides is 2. The summed E-state index contributed by atoms with van der Waals surface area (Å²) in [6.07, 6.45) is 3.12. The molecule has 34 heavy (non-hydrogen) atoms. The lowest BCUT2D eigenvalue weighted by Gasteiger charge is -2.08. The van der Waals surface area contributed by atoms with Crippen molar-refractivity contribution in [3.63, 3.8) is 0 Å². The highest BCUT2D eigenvalue weighted by atomic mass is 31.2. The van der Waals surface area contributed by atoms with Gasteiger partial charge in [-0.2, -0.15) is 0 Å². The molecule has 0 saturated heterocycles. The van der Waals surface area contributed by atoms with E-state index in [1.54, 1.807) is 12.1 Å². The van der Waals surface area contributed by atoms with Gasteiger partial charge >= 0.3 is 15.6 Å². The van der Waals surface area contributed by atoms with Crippen LogP contribution in [0.3, 0.4) is 0 Å². The number of nitrogens with one attached hydrogen (secondary N) is 2. The SMILES string of the molecule is O=C(NCCCOP(=O)(O)O)c1ccc(-c2ccc(C(=O)NCCCOP(=O)(O)O)cn2)nc1. The van der Waals surface area contributed by atoms with Crippen LogP contribution in [0.5, 0.6) is 0 Å². The zero-order valence-corrected chi connectivity index (χ0v) is 19.5. The van der Waals surface area contributed by atoms with E-state index in [0.717, 1.165) is 0 Å². The Morgan fingerprint density at radius 3 is 1.41 bits per heavy atom. The molecule has 2 rings (SSSR count). The summed E-state index contributed by atoms with van der Waals surface area (Å²) in [5.41, 5.74) is 1.48. The first-order valence-corrected chi connectivity index (χ1v) is 12.9. The minimum Gasteiger partial charge on any atom is -0.352 e. The minimum absolute atomic E-state index is 0.155. The molecule has 0 spiro atoms. The summed E-state index contributed by atoms with van der Waals surface area (Å²) in [6, 6.07) is 6.22. The first kappa shape index (κ1) is 27.7. The standard InChI is InChI=1S/C18H24N4O10P2/c23-17(19-7-1-9-31-33(25,26)27)13-3-5-15(21-11-13)16-6-4-14(12-22-16)18(24)20-8-2-10-32-34(28,29)30/h3-6,11-12H,1-2,7-10H2,(H,19,23)(H,20,24)(H2,25,26,27)(H2,28,29,30). The number of phosphoric ester groups is 2. The van der Waals surface area contributed by atoms with Crippen molar-refractivity contribution in [3.05, 3.63) is 47.8 Å². The molecule has 0 atom stereocenters. The van der Waals surface area contributed by atoms with Crippen molar-refractivity contribution in [2.24, 2.45) is 0 Å². The third-order valence-corrected chi connectivity index (χ3v) is 5.08. The number of phosphoric acid groups is 2. The molecule has 0 bridgehead atoms. The van der Waals surface area contributed by atoms with Crippen molar-refractivity contribution in [2.75, 3.05) is 26.3 Å². The van der Waals surface area contributed by atoms with Gasteiger partial charge in [0.15, 0.2) is 0 Å². The molecule has 186 valence electrons. The molecule has 16 heteroatoms. The molecule has 2 heterocycles. The van der Waals surface area contributed by atoms with E-state index in [1.165, 1.54) is 24.5 Å². The van der Waals surface area contributed by atoms with Crippen LogP contribution in [0, 0.1) is 0 Å². The fraction of sp³-hybridized carbons (Fsp3) is 0.333. The van der Waals surface area contributed by atoms with E-state index in [4.69, 9.17) is 19.6 Å². The molecular weight excluding hydrogens is 494 g/mol. The van der Waals surface area contributed by atoms with Gasteiger partial charge in [-0.25, -0.2) is 9.13 Å². The maximum absolute atomic E-state index is 12.1. The average Bonchev–Trinajstić information content (AvgIpc) is 2.77. The Morgan fingerprint density at radius 2 is 1.12 bits per heavy atom. The van der Waals surface area contributed by atoms with Crippen molar-refractivity contribution in [1.82, 2.24) is 20.6 Å². The van der Waals surface area contributed by atoms with E-state index < -0.39 is 27.5 Å². The zero-order valence-electron chi connectivity index (χ0n) is 17.7. The second-order valence-corrected chi connectivity index (χ2v) is 9.21. The maximum atomic E-state index is 12.1. The molecule has 2 amide bonds. The van der Waals surface area contributed by atoms with Gasteiger partial charge in [-0.05, 0) is 37.1 Å². The lowest BCUT2D eigenvalue weighted by Crippen LogP contribution is -2.25. The van der Waals surface area contributed by atoms with Crippen LogP contribution in [0.15, 0.2) is 36.7 Å². The Labute approximate surface area is 194 Å². The third kappa shape index (κ3) is 10.6. The quantitative estimate of drug-likeness (QED) is 0.159. The highest BCUT2D eigenvalue weighted by Crippen LogP contribution is 2.36. The zero-order chi connectivity index (χ0) is 25.2. The number of carbonyl (C=O) groups is 2. The van der Waals surface area contributed by atoms with E-state index in [2.05, 4.69) is 29.6 Å². The summed E-state index contributed by atoms with van der Waals surface area (Å²) in [5.74, 6) is -0.831. The Morgan fingerprint density at radius 1 is 0.735 bits per heavy atom. The lowest BCUT2D eigenvalue weighted by atomic mass is 10.1. The molecular formula is C18H24N4O10P2. The second-order valence-electron chi connectivity index (χ2n) is 6.73.